The number of aryl methyl sites for hydroxylation is 2. The van der Waals surface area contributed by atoms with Gasteiger partial charge in [-0.15, -0.1) is 0 Å². The largest absolute Gasteiger partial charge is 0.350 e. The number of carbonyl (C=O) groups is 1. The summed E-state index contributed by atoms with van der Waals surface area (Å²) in [6, 6.07) is 6.26. The van der Waals surface area contributed by atoms with Crippen molar-refractivity contribution in [1.82, 2.24) is 5.32 Å². The van der Waals surface area contributed by atoms with Crippen molar-refractivity contribution in [2.24, 2.45) is 0 Å². The molecule has 112 valence electrons. The summed E-state index contributed by atoms with van der Waals surface area (Å²) in [5, 5.41) is 2.93. The third kappa shape index (κ3) is 5.77. The van der Waals surface area contributed by atoms with Crippen molar-refractivity contribution in [3.05, 3.63) is 34.9 Å². The van der Waals surface area contributed by atoms with E-state index >= 15 is 0 Å². The quantitative estimate of drug-likeness (QED) is 0.688. The van der Waals surface area contributed by atoms with Gasteiger partial charge < -0.3 is 5.32 Å². The van der Waals surface area contributed by atoms with E-state index in [1.54, 1.807) is 0 Å². The lowest BCUT2D eigenvalue weighted by Gasteiger charge is -2.11. The lowest BCUT2D eigenvalue weighted by atomic mass is 9.99. The molecule has 1 rings (SSSR count). The first-order chi connectivity index (χ1) is 9.54. The highest BCUT2D eigenvalue weighted by atomic mass is 16.1. The average molecular weight is 275 g/mol. The Bertz CT molecular complexity index is 423. The zero-order valence-corrected chi connectivity index (χ0v) is 13.5. The van der Waals surface area contributed by atoms with Gasteiger partial charge in [-0.3, -0.25) is 4.79 Å². The van der Waals surface area contributed by atoms with Gasteiger partial charge in [0.15, 0.2) is 0 Å². The predicted octanol–water partition coefficient (Wildman–Crippen LogP) is 4.65. The van der Waals surface area contributed by atoms with E-state index in [9.17, 15) is 4.79 Å². The molecule has 1 aromatic rings. The highest BCUT2D eigenvalue weighted by Gasteiger charge is 2.08. The van der Waals surface area contributed by atoms with E-state index in [1.807, 2.05) is 26.0 Å². The summed E-state index contributed by atoms with van der Waals surface area (Å²) in [5.74, 6) is 0.0256. The third-order valence-corrected chi connectivity index (χ3v) is 3.57. The molecular formula is C18H29NO. The van der Waals surface area contributed by atoms with Crippen LogP contribution in [0.25, 0.3) is 0 Å². The molecule has 0 atom stereocenters. The molecule has 0 saturated heterocycles. The Kier molecular flexibility index (Phi) is 7.35. The summed E-state index contributed by atoms with van der Waals surface area (Å²) < 4.78 is 0. The van der Waals surface area contributed by atoms with Crippen LogP contribution in [-0.4, -0.2) is 11.9 Å². The molecule has 0 radical (unpaired) electrons. The van der Waals surface area contributed by atoms with Gasteiger partial charge in [-0.05, 0) is 56.9 Å². The van der Waals surface area contributed by atoms with E-state index in [0.29, 0.717) is 0 Å². The van der Waals surface area contributed by atoms with Crippen molar-refractivity contribution in [3.63, 3.8) is 0 Å². The number of rotatable bonds is 8. The van der Waals surface area contributed by atoms with Crippen LogP contribution >= 0.6 is 0 Å². The normalized spacial score (nSPS) is 10.8. The SMILES string of the molecule is CCCCCCCc1ccc(C(=O)NC(C)C)cc1C. The van der Waals surface area contributed by atoms with Crippen molar-refractivity contribution in [2.75, 3.05) is 0 Å². The van der Waals surface area contributed by atoms with Crippen LogP contribution in [0.1, 0.15) is 74.4 Å². The summed E-state index contributed by atoms with van der Waals surface area (Å²) in [4.78, 5) is 11.9. The average Bonchev–Trinajstić information content (AvgIpc) is 2.39. The number of benzene rings is 1. The molecule has 0 aliphatic heterocycles. The van der Waals surface area contributed by atoms with Gasteiger partial charge in [0.25, 0.3) is 5.91 Å². The van der Waals surface area contributed by atoms with Crippen LogP contribution in [0.15, 0.2) is 18.2 Å². The Morgan fingerprint density at radius 2 is 1.85 bits per heavy atom. The fraction of sp³-hybridized carbons (Fsp3) is 0.611. The topological polar surface area (TPSA) is 29.1 Å². The Morgan fingerprint density at radius 1 is 1.15 bits per heavy atom. The zero-order chi connectivity index (χ0) is 15.0. The first-order valence-corrected chi connectivity index (χ1v) is 7.95. The van der Waals surface area contributed by atoms with Crippen LogP contribution in [0.2, 0.25) is 0 Å². The smallest absolute Gasteiger partial charge is 0.251 e. The van der Waals surface area contributed by atoms with Crippen LogP contribution < -0.4 is 5.32 Å². The summed E-state index contributed by atoms with van der Waals surface area (Å²) >= 11 is 0. The molecule has 2 heteroatoms. The van der Waals surface area contributed by atoms with Crippen LogP contribution in [0.3, 0.4) is 0 Å². The molecule has 1 N–H and O–H groups in total. The Morgan fingerprint density at radius 3 is 2.45 bits per heavy atom. The molecule has 2 nitrogen and oxygen atoms in total. The highest BCUT2D eigenvalue weighted by molar-refractivity contribution is 5.94. The van der Waals surface area contributed by atoms with E-state index in [4.69, 9.17) is 0 Å². The summed E-state index contributed by atoms with van der Waals surface area (Å²) in [5.41, 5.74) is 3.38. The van der Waals surface area contributed by atoms with Crippen LogP contribution in [0, 0.1) is 6.92 Å². The maximum Gasteiger partial charge on any atom is 0.251 e. The number of nitrogens with one attached hydrogen (secondary N) is 1. The minimum absolute atomic E-state index is 0.0256. The lowest BCUT2D eigenvalue weighted by Crippen LogP contribution is -2.30. The number of amides is 1. The summed E-state index contributed by atoms with van der Waals surface area (Å²) in [6.45, 7) is 8.31. The molecule has 0 aromatic heterocycles. The second kappa shape index (κ2) is 8.78. The number of carbonyl (C=O) groups excluding carboxylic acids is 1. The van der Waals surface area contributed by atoms with Gasteiger partial charge >= 0.3 is 0 Å². The standard InChI is InChI=1S/C18H29NO/c1-5-6-7-8-9-10-16-11-12-17(13-15(16)4)18(20)19-14(2)3/h11-14H,5-10H2,1-4H3,(H,19,20). The van der Waals surface area contributed by atoms with Gasteiger partial charge in [-0.1, -0.05) is 38.7 Å². The van der Waals surface area contributed by atoms with E-state index < -0.39 is 0 Å². The maximum atomic E-state index is 11.9. The van der Waals surface area contributed by atoms with E-state index in [0.717, 1.165) is 12.0 Å². The Labute approximate surface area is 124 Å². The fourth-order valence-electron chi connectivity index (χ4n) is 2.38. The summed E-state index contributed by atoms with van der Waals surface area (Å²) in [7, 11) is 0. The van der Waals surface area contributed by atoms with Crippen LogP contribution in [-0.2, 0) is 6.42 Å². The van der Waals surface area contributed by atoms with Gasteiger partial charge in [0.1, 0.15) is 0 Å². The molecular weight excluding hydrogens is 246 g/mol. The van der Waals surface area contributed by atoms with Crippen molar-refractivity contribution in [1.29, 1.82) is 0 Å². The van der Waals surface area contributed by atoms with Gasteiger partial charge in [-0.25, -0.2) is 0 Å². The van der Waals surface area contributed by atoms with Crippen molar-refractivity contribution >= 4 is 5.91 Å². The molecule has 1 aromatic carbocycles. The second-order valence-corrected chi connectivity index (χ2v) is 5.93. The Hall–Kier alpha value is -1.31. The van der Waals surface area contributed by atoms with E-state index in [-0.39, 0.29) is 11.9 Å². The first-order valence-electron chi connectivity index (χ1n) is 7.95. The van der Waals surface area contributed by atoms with Crippen molar-refractivity contribution in [3.8, 4) is 0 Å². The zero-order valence-electron chi connectivity index (χ0n) is 13.5. The Balaban J connectivity index is 2.53. The van der Waals surface area contributed by atoms with Crippen LogP contribution in [0.5, 0.6) is 0 Å². The molecule has 0 aliphatic carbocycles. The van der Waals surface area contributed by atoms with Gasteiger partial charge in [0, 0.05) is 11.6 Å². The monoisotopic (exact) mass is 275 g/mol. The van der Waals surface area contributed by atoms with Gasteiger partial charge in [0.2, 0.25) is 0 Å². The second-order valence-electron chi connectivity index (χ2n) is 5.93. The van der Waals surface area contributed by atoms with E-state index in [1.165, 1.54) is 43.2 Å². The molecule has 0 spiro atoms. The molecule has 0 bridgehead atoms. The molecule has 0 aliphatic rings. The number of unbranched alkanes of at least 4 members (excludes halogenated alkanes) is 4. The van der Waals surface area contributed by atoms with Crippen LogP contribution in [0.4, 0.5) is 0 Å². The lowest BCUT2D eigenvalue weighted by molar-refractivity contribution is 0.0943. The molecule has 0 unspecified atom stereocenters. The molecule has 1 amide bonds. The highest BCUT2D eigenvalue weighted by Crippen LogP contribution is 2.15. The minimum atomic E-state index is 0.0256. The first kappa shape index (κ1) is 16.7. The molecule has 0 heterocycles. The minimum Gasteiger partial charge on any atom is -0.350 e. The van der Waals surface area contributed by atoms with E-state index in [2.05, 4.69) is 25.2 Å². The van der Waals surface area contributed by atoms with Gasteiger partial charge in [-0.2, -0.15) is 0 Å². The third-order valence-electron chi connectivity index (χ3n) is 3.57. The molecule has 20 heavy (non-hydrogen) atoms. The van der Waals surface area contributed by atoms with Gasteiger partial charge in [0.05, 0.1) is 0 Å². The van der Waals surface area contributed by atoms with Crippen molar-refractivity contribution < 1.29 is 4.79 Å². The number of hydrogen-bond donors (Lipinski definition) is 1. The molecule has 0 saturated carbocycles. The fourth-order valence-corrected chi connectivity index (χ4v) is 2.38. The summed E-state index contributed by atoms with van der Waals surface area (Å²) in [6.07, 6.45) is 7.65. The molecule has 0 fully saturated rings. The predicted molar refractivity (Wildman–Crippen MR) is 86.2 cm³/mol. The number of hydrogen-bond acceptors (Lipinski definition) is 1. The maximum absolute atomic E-state index is 11.9. The van der Waals surface area contributed by atoms with Crippen molar-refractivity contribution in [2.45, 2.75) is 72.3 Å².